The van der Waals surface area contributed by atoms with Gasteiger partial charge >= 0.3 is 0 Å². The van der Waals surface area contributed by atoms with Crippen molar-refractivity contribution in [3.63, 3.8) is 0 Å². The number of amides is 1. The molecule has 5 nitrogen and oxygen atoms in total. The number of aromatic nitrogens is 2. The molecule has 0 aliphatic rings. The Balaban J connectivity index is 1.94. The number of aryl methyl sites for hydroxylation is 1. The number of nitrogens with one attached hydrogen (secondary N) is 1. The molecule has 6 heteroatoms. The first kappa shape index (κ1) is 12.5. The molecule has 94 valence electrons. The molecule has 2 aromatic rings. The van der Waals surface area contributed by atoms with E-state index in [-0.39, 0.29) is 12.3 Å². The highest BCUT2D eigenvalue weighted by Gasteiger charge is 2.07. The zero-order valence-electron chi connectivity index (χ0n) is 10.1. The smallest absolute Gasteiger partial charge is 0.230 e. The van der Waals surface area contributed by atoms with Crippen molar-refractivity contribution >= 4 is 22.9 Å². The number of nitrogens with zero attached hydrogens (tertiary/aromatic N) is 2. The van der Waals surface area contributed by atoms with Crippen molar-refractivity contribution in [2.45, 2.75) is 13.3 Å². The Bertz CT molecular complexity index is 537. The molecule has 0 fully saturated rings. The molecule has 0 saturated carbocycles. The zero-order valence-corrected chi connectivity index (χ0v) is 11.0. The van der Waals surface area contributed by atoms with Gasteiger partial charge in [0.1, 0.15) is 0 Å². The Labute approximate surface area is 109 Å². The number of hydrogen-bond acceptors (Lipinski definition) is 5. The van der Waals surface area contributed by atoms with E-state index in [0.29, 0.717) is 11.6 Å². The predicted molar refractivity (Wildman–Crippen MR) is 70.0 cm³/mol. The minimum atomic E-state index is -0.104. The summed E-state index contributed by atoms with van der Waals surface area (Å²) in [5.41, 5.74) is 1.43. The van der Waals surface area contributed by atoms with Crippen molar-refractivity contribution in [1.29, 1.82) is 0 Å². The van der Waals surface area contributed by atoms with Crippen LogP contribution in [0.2, 0.25) is 0 Å². The molecular weight excluding hydrogens is 250 g/mol. The molecule has 0 radical (unpaired) electrons. The number of carbonyl (C=O) groups excluding carboxylic acids is 1. The number of ether oxygens (including phenoxy) is 1. The third kappa shape index (κ3) is 3.27. The molecule has 0 saturated heterocycles. The molecule has 0 aliphatic carbocycles. The second-order valence-corrected chi connectivity index (χ2v) is 4.73. The standard InChI is InChI=1S/C12H13N3O2S/c1-8-14-10(7-18-8)5-11(16)15-9-3-4-12(17-2)13-6-9/h3-4,6-7H,5H2,1-2H3,(H,15,16). The minimum Gasteiger partial charge on any atom is -0.481 e. The monoisotopic (exact) mass is 263 g/mol. The number of carbonyl (C=O) groups is 1. The van der Waals surface area contributed by atoms with Gasteiger partial charge in [-0.25, -0.2) is 9.97 Å². The van der Waals surface area contributed by atoms with E-state index in [4.69, 9.17) is 4.74 Å². The summed E-state index contributed by atoms with van der Waals surface area (Å²) in [4.78, 5) is 20.0. The van der Waals surface area contributed by atoms with Crippen molar-refractivity contribution in [3.05, 3.63) is 34.4 Å². The van der Waals surface area contributed by atoms with Crippen LogP contribution >= 0.6 is 11.3 Å². The van der Waals surface area contributed by atoms with E-state index in [9.17, 15) is 4.79 Å². The number of thiazole rings is 1. The number of pyridine rings is 1. The lowest BCUT2D eigenvalue weighted by atomic mass is 10.3. The summed E-state index contributed by atoms with van der Waals surface area (Å²) < 4.78 is 4.94. The van der Waals surface area contributed by atoms with Crippen molar-refractivity contribution < 1.29 is 9.53 Å². The van der Waals surface area contributed by atoms with Gasteiger partial charge in [-0.3, -0.25) is 4.79 Å². The lowest BCUT2D eigenvalue weighted by Crippen LogP contribution is -2.14. The van der Waals surface area contributed by atoms with Crippen LogP contribution in [0.5, 0.6) is 5.88 Å². The molecule has 0 aromatic carbocycles. The molecule has 18 heavy (non-hydrogen) atoms. The van der Waals surface area contributed by atoms with Crippen LogP contribution in [-0.4, -0.2) is 23.0 Å². The first-order valence-corrected chi connectivity index (χ1v) is 6.26. The average Bonchev–Trinajstić information content (AvgIpc) is 2.75. The van der Waals surface area contributed by atoms with Crippen molar-refractivity contribution in [3.8, 4) is 5.88 Å². The second-order valence-electron chi connectivity index (χ2n) is 3.67. The maximum atomic E-state index is 11.7. The molecule has 0 unspecified atom stereocenters. The Kier molecular flexibility index (Phi) is 3.88. The van der Waals surface area contributed by atoms with Crippen LogP contribution in [0.25, 0.3) is 0 Å². The van der Waals surface area contributed by atoms with Crippen LogP contribution in [0.3, 0.4) is 0 Å². The number of hydrogen-bond donors (Lipinski definition) is 1. The third-order valence-corrected chi connectivity index (χ3v) is 3.06. The number of methoxy groups -OCH3 is 1. The van der Waals surface area contributed by atoms with Crippen LogP contribution in [0.1, 0.15) is 10.7 Å². The summed E-state index contributed by atoms with van der Waals surface area (Å²) in [5, 5.41) is 5.61. The molecule has 2 aromatic heterocycles. The molecule has 2 heterocycles. The molecular formula is C12H13N3O2S. The Morgan fingerprint density at radius 3 is 2.89 bits per heavy atom. The zero-order chi connectivity index (χ0) is 13.0. The maximum absolute atomic E-state index is 11.7. The lowest BCUT2D eigenvalue weighted by molar-refractivity contribution is -0.115. The van der Waals surface area contributed by atoms with Gasteiger partial charge in [0.25, 0.3) is 0 Å². The molecule has 1 N–H and O–H groups in total. The van der Waals surface area contributed by atoms with Crippen LogP contribution in [0.4, 0.5) is 5.69 Å². The summed E-state index contributed by atoms with van der Waals surface area (Å²) in [6.45, 7) is 1.92. The summed E-state index contributed by atoms with van der Waals surface area (Å²) in [5.74, 6) is 0.412. The van der Waals surface area contributed by atoms with Crippen molar-refractivity contribution in [2.24, 2.45) is 0 Å². The topological polar surface area (TPSA) is 64.1 Å². The highest BCUT2D eigenvalue weighted by atomic mass is 32.1. The van der Waals surface area contributed by atoms with Gasteiger partial charge in [0.15, 0.2) is 0 Å². The molecule has 0 spiro atoms. The number of anilines is 1. The fourth-order valence-electron chi connectivity index (χ4n) is 1.43. The van der Waals surface area contributed by atoms with E-state index in [0.717, 1.165) is 10.7 Å². The van der Waals surface area contributed by atoms with E-state index in [1.165, 1.54) is 11.3 Å². The molecule has 1 amide bonds. The van der Waals surface area contributed by atoms with Gasteiger partial charge in [0.2, 0.25) is 11.8 Å². The molecule has 0 atom stereocenters. The summed E-state index contributed by atoms with van der Waals surface area (Å²) in [6.07, 6.45) is 1.83. The third-order valence-electron chi connectivity index (χ3n) is 2.24. The van der Waals surface area contributed by atoms with Crippen LogP contribution in [-0.2, 0) is 11.2 Å². The maximum Gasteiger partial charge on any atom is 0.230 e. The largest absolute Gasteiger partial charge is 0.481 e. The summed E-state index contributed by atoms with van der Waals surface area (Å²) in [7, 11) is 1.55. The van der Waals surface area contributed by atoms with Crippen molar-refractivity contribution in [1.82, 2.24) is 9.97 Å². The van der Waals surface area contributed by atoms with Gasteiger partial charge in [-0.15, -0.1) is 11.3 Å². The van der Waals surface area contributed by atoms with Crippen LogP contribution < -0.4 is 10.1 Å². The quantitative estimate of drug-likeness (QED) is 0.916. The van der Waals surface area contributed by atoms with E-state index in [2.05, 4.69) is 15.3 Å². The van der Waals surface area contributed by atoms with E-state index >= 15 is 0 Å². The second kappa shape index (κ2) is 5.59. The van der Waals surface area contributed by atoms with Gasteiger partial charge < -0.3 is 10.1 Å². The SMILES string of the molecule is COc1ccc(NC(=O)Cc2csc(C)n2)cn1. The van der Waals surface area contributed by atoms with Gasteiger partial charge in [-0.1, -0.05) is 0 Å². The van der Waals surface area contributed by atoms with E-state index in [1.54, 1.807) is 25.4 Å². The van der Waals surface area contributed by atoms with E-state index < -0.39 is 0 Å². The summed E-state index contributed by atoms with van der Waals surface area (Å²) in [6, 6.07) is 3.44. The fraction of sp³-hybridized carbons (Fsp3) is 0.250. The predicted octanol–water partition coefficient (Wildman–Crippen LogP) is 2.04. The fourth-order valence-corrected chi connectivity index (χ4v) is 2.05. The summed E-state index contributed by atoms with van der Waals surface area (Å²) >= 11 is 1.54. The first-order valence-electron chi connectivity index (χ1n) is 5.38. The minimum absolute atomic E-state index is 0.104. The van der Waals surface area contributed by atoms with Crippen LogP contribution in [0.15, 0.2) is 23.7 Å². The molecule has 2 rings (SSSR count). The van der Waals surface area contributed by atoms with Crippen molar-refractivity contribution in [2.75, 3.05) is 12.4 Å². The van der Waals surface area contributed by atoms with E-state index in [1.807, 2.05) is 12.3 Å². The normalized spacial score (nSPS) is 10.1. The number of rotatable bonds is 4. The average molecular weight is 263 g/mol. The van der Waals surface area contributed by atoms with Crippen LogP contribution in [0, 0.1) is 6.92 Å². The van der Waals surface area contributed by atoms with Gasteiger partial charge in [-0.2, -0.15) is 0 Å². The lowest BCUT2D eigenvalue weighted by Gasteiger charge is -2.04. The highest BCUT2D eigenvalue weighted by molar-refractivity contribution is 7.09. The highest BCUT2D eigenvalue weighted by Crippen LogP contribution is 2.12. The Morgan fingerprint density at radius 2 is 2.33 bits per heavy atom. The van der Waals surface area contributed by atoms with Gasteiger partial charge in [0, 0.05) is 11.4 Å². The first-order chi connectivity index (χ1) is 8.67. The molecule has 0 aliphatic heterocycles. The Hall–Kier alpha value is -1.95. The van der Waals surface area contributed by atoms with Gasteiger partial charge in [-0.05, 0) is 13.0 Å². The molecule has 0 bridgehead atoms. The van der Waals surface area contributed by atoms with Gasteiger partial charge in [0.05, 0.1) is 36.1 Å². The Morgan fingerprint density at radius 1 is 1.50 bits per heavy atom.